The Morgan fingerprint density at radius 2 is 2.00 bits per heavy atom. The van der Waals surface area contributed by atoms with E-state index in [0.29, 0.717) is 17.3 Å². The summed E-state index contributed by atoms with van der Waals surface area (Å²) in [6.45, 7) is 3.16. The molecule has 0 aromatic rings. The Labute approximate surface area is 127 Å². The van der Waals surface area contributed by atoms with E-state index in [9.17, 15) is 0 Å². The lowest BCUT2D eigenvalue weighted by Gasteiger charge is -2.48. The van der Waals surface area contributed by atoms with Crippen LogP contribution in [-0.4, -0.2) is 6.54 Å². The summed E-state index contributed by atoms with van der Waals surface area (Å²) in [4.78, 5) is 0. The average Bonchev–Trinajstić information content (AvgIpc) is 2.43. The molecular weight excluding hydrogens is 277 g/mol. The molecule has 3 heteroatoms. The molecule has 19 heavy (non-hydrogen) atoms. The SMILES string of the molecule is CC(CCN)C1(C2C=CC(Cl)=C(Cl)C2)CCCCC1. The second-order valence-corrected chi connectivity index (χ2v) is 7.06. The van der Waals surface area contributed by atoms with Crippen LogP contribution < -0.4 is 5.73 Å². The molecule has 2 aliphatic carbocycles. The van der Waals surface area contributed by atoms with Gasteiger partial charge in [-0.05, 0) is 55.6 Å². The normalized spacial score (nSPS) is 28.5. The van der Waals surface area contributed by atoms with E-state index in [1.165, 1.54) is 32.1 Å². The first-order chi connectivity index (χ1) is 9.10. The molecule has 0 aliphatic heterocycles. The summed E-state index contributed by atoms with van der Waals surface area (Å²) in [6.07, 6.45) is 13.0. The van der Waals surface area contributed by atoms with Crippen LogP contribution in [0.1, 0.15) is 51.9 Å². The maximum Gasteiger partial charge on any atom is 0.0548 e. The number of nitrogens with two attached hydrogens (primary N) is 1. The lowest BCUT2D eigenvalue weighted by Crippen LogP contribution is -2.39. The number of allylic oxidation sites excluding steroid dienone is 4. The van der Waals surface area contributed by atoms with Gasteiger partial charge in [-0.15, -0.1) is 0 Å². The molecule has 2 N–H and O–H groups in total. The van der Waals surface area contributed by atoms with E-state index in [2.05, 4.69) is 13.0 Å². The summed E-state index contributed by atoms with van der Waals surface area (Å²) in [5.74, 6) is 1.19. The highest BCUT2D eigenvalue weighted by Crippen LogP contribution is 2.53. The van der Waals surface area contributed by atoms with E-state index in [0.717, 1.165) is 29.5 Å². The summed E-state index contributed by atoms with van der Waals surface area (Å²) < 4.78 is 0. The zero-order chi connectivity index (χ0) is 13.9. The Kier molecular flexibility index (Phi) is 5.39. The molecule has 2 rings (SSSR count). The third-order valence-corrected chi connectivity index (χ3v) is 6.05. The highest BCUT2D eigenvalue weighted by molar-refractivity contribution is 6.40. The van der Waals surface area contributed by atoms with E-state index in [1.807, 2.05) is 6.08 Å². The first-order valence-electron chi connectivity index (χ1n) is 7.52. The van der Waals surface area contributed by atoms with Crippen LogP contribution in [0, 0.1) is 17.3 Å². The second-order valence-electron chi connectivity index (χ2n) is 6.19. The van der Waals surface area contributed by atoms with E-state index >= 15 is 0 Å². The lowest BCUT2D eigenvalue weighted by atomic mass is 9.57. The molecule has 0 amide bonds. The summed E-state index contributed by atoms with van der Waals surface area (Å²) in [5, 5.41) is 1.55. The maximum atomic E-state index is 6.30. The summed E-state index contributed by atoms with van der Waals surface area (Å²) >= 11 is 12.4. The van der Waals surface area contributed by atoms with Crippen molar-refractivity contribution in [1.82, 2.24) is 0 Å². The Morgan fingerprint density at radius 3 is 2.58 bits per heavy atom. The summed E-state index contributed by atoms with van der Waals surface area (Å²) in [7, 11) is 0. The van der Waals surface area contributed by atoms with Crippen molar-refractivity contribution in [2.45, 2.75) is 51.9 Å². The molecule has 2 atom stereocenters. The van der Waals surface area contributed by atoms with Crippen LogP contribution in [0.15, 0.2) is 22.2 Å². The van der Waals surface area contributed by atoms with Gasteiger partial charge in [-0.1, -0.05) is 55.5 Å². The molecule has 0 heterocycles. The van der Waals surface area contributed by atoms with Crippen LogP contribution >= 0.6 is 23.2 Å². The van der Waals surface area contributed by atoms with Crippen molar-refractivity contribution in [3.8, 4) is 0 Å². The van der Waals surface area contributed by atoms with Gasteiger partial charge in [0.1, 0.15) is 0 Å². The average molecular weight is 302 g/mol. The fraction of sp³-hybridized carbons (Fsp3) is 0.750. The Balaban J connectivity index is 2.21. The topological polar surface area (TPSA) is 26.0 Å². The monoisotopic (exact) mass is 301 g/mol. The van der Waals surface area contributed by atoms with Gasteiger partial charge in [-0.3, -0.25) is 0 Å². The standard InChI is InChI=1S/C16H25Cl2N/c1-12(7-10-19)16(8-3-2-4-9-16)13-5-6-14(17)15(18)11-13/h5-6,12-13H,2-4,7-11,19H2,1H3. The predicted molar refractivity (Wildman–Crippen MR) is 84.3 cm³/mol. The van der Waals surface area contributed by atoms with Gasteiger partial charge in [0.05, 0.1) is 5.03 Å². The van der Waals surface area contributed by atoms with Crippen molar-refractivity contribution < 1.29 is 0 Å². The van der Waals surface area contributed by atoms with Crippen LogP contribution in [0.5, 0.6) is 0 Å². The molecule has 1 saturated carbocycles. The number of halogens is 2. The highest BCUT2D eigenvalue weighted by Gasteiger charge is 2.43. The molecule has 2 aliphatic rings. The van der Waals surface area contributed by atoms with Crippen molar-refractivity contribution in [1.29, 1.82) is 0 Å². The molecule has 0 spiro atoms. The predicted octanol–water partition coefficient (Wildman–Crippen LogP) is 5.19. The first kappa shape index (κ1) is 15.4. The molecule has 0 radical (unpaired) electrons. The Morgan fingerprint density at radius 1 is 1.32 bits per heavy atom. The Bertz CT molecular complexity index is 367. The van der Waals surface area contributed by atoms with Crippen LogP contribution in [0.3, 0.4) is 0 Å². The zero-order valence-electron chi connectivity index (χ0n) is 11.8. The van der Waals surface area contributed by atoms with Crippen molar-refractivity contribution in [3.63, 3.8) is 0 Å². The maximum absolute atomic E-state index is 6.30. The molecule has 0 saturated heterocycles. The molecule has 0 aromatic carbocycles. The summed E-state index contributed by atoms with van der Waals surface area (Å²) in [5.41, 5.74) is 6.18. The third-order valence-electron chi connectivity index (χ3n) is 5.24. The molecule has 2 unspecified atom stereocenters. The number of hydrogen-bond acceptors (Lipinski definition) is 1. The molecular formula is C16H25Cl2N. The van der Waals surface area contributed by atoms with E-state index in [-0.39, 0.29) is 0 Å². The molecule has 0 aromatic heterocycles. The smallest absolute Gasteiger partial charge is 0.0548 e. The van der Waals surface area contributed by atoms with Gasteiger partial charge in [-0.25, -0.2) is 0 Å². The minimum atomic E-state index is 0.381. The van der Waals surface area contributed by atoms with Gasteiger partial charge in [0.15, 0.2) is 0 Å². The second kappa shape index (κ2) is 6.65. The number of rotatable bonds is 4. The van der Waals surface area contributed by atoms with E-state index < -0.39 is 0 Å². The highest BCUT2D eigenvalue weighted by atomic mass is 35.5. The van der Waals surface area contributed by atoms with Gasteiger partial charge >= 0.3 is 0 Å². The largest absolute Gasteiger partial charge is 0.330 e. The Hall–Kier alpha value is 0.0200. The van der Waals surface area contributed by atoms with Crippen molar-refractivity contribution in [3.05, 3.63) is 22.2 Å². The van der Waals surface area contributed by atoms with Crippen molar-refractivity contribution in [2.75, 3.05) is 6.54 Å². The minimum Gasteiger partial charge on any atom is -0.330 e. The quantitative estimate of drug-likeness (QED) is 0.760. The minimum absolute atomic E-state index is 0.381. The van der Waals surface area contributed by atoms with Gasteiger partial charge in [0.2, 0.25) is 0 Å². The van der Waals surface area contributed by atoms with Gasteiger partial charge in [0, 0.05) is 5.03 Å². The molecule has 1 fully saturated rings. The molecule has 1 nitrogen and oxygen atoms in total. The third kappa shape index (κ3) is 3.20. The van der Waals surface area contributed by atoms with Crippen molar-refractivity contribution in [2.24, 2.45) is 23.0 Å². The van der Waals surface area contributed by atoms with Crippen LogP contribution in [-0.2, 0) is 0 Å². The van der Waals surface area contributed by atoms with Gasteiger partial charge in [-0.2, -0.15) is 0 Å². The van der Waals surface area contributed by atoms with Crippen LogP contribution in [0.25, 0.3) is 0 Å². The fourth-order valence-electron chi connectivity index (χ4n) is 4.02. The van der Waals surface area contributed by atoms with E-state index in [4.69, 9.17) is 28.9 Å². The first-order valence-corrected chi connectivity index (χ1v) is 8.28. The lowest BCUT2D eigenvalue weighted by molar-refractivity contribution is 0.0509. The number of hydrogen-bond donors (Lipinski definition) is 1. The van der Waals surface area contributed by atoms with Crippen LogP contribution in [0.4, 0.5) is 0 Å². The van der Waals surface area contributed by atoms with Gasteiger partial charge in [0.25, 0.3) is 0 Å². The van der Waals surface area contributed by atoms with Gasteiger partial charge < -0.3 is 5.73 Å². The fourth-order valence-corrected chi connectivity index (χ4v) is 4.40. The van der Waals surface area contributed by atoms with Crippen LogP contribution in [0.2, 0.25) is 0 Å². The van der Waals surface area contributed by atoms with E-state index in [1.54, 1.807) is 0 Å². The van der Waals surface area contributed by atoms with Crippen molar-refractivity contribution >= 4 is 23.2 Å². The zero-order valence-corrected chi connectivity index (χ0v) is 13.3. The molecule has 108 valence electrons. The molecule has 0 bridgehead atoms. The summed E-state index contributed by atoms with van der Waals surface area (Å²) in [6, 6.07) is 0.